The topological polar surface area (TPSA) is 142 Å². The van der Waals surface area contributed by atoms with Gasteiger partial charge in [0.25, 0.3) is 0 Å². The Kier molecular flexibility index (Phi) is 26.6. The largest absolute Gasteiger partial charge is 1.00 e. The molecule has 8 nitrogen and oxygen atoms in total. The van der Waals surface area contributed by atoms with Crippen LogP contribution in [0.25, 0.3) is 0 Å². The summed E-state index contributed by atoms with van der Waals surface area (Å²) >= 11 is 0. The first kappa shape index (κ1) is 83.1. The van der Waals surface area contributed by atoms with Gasteiger partial charge < -0.3 is 27.0 Å². The molecular formula is C86H145LiO8S2. The SMILES string of the molecule is C.C.CC(C)(C)C1CCC2(CC1)CO2.C[C@H](C(CC1(O)CCC(C(C)(C)C)CC1)S(=O)(=O)c1ccccc1)[C@H]1CC[C@H]2[C@@H]3CC[C@H]4C[C@@](C)(O)CC[C@]4(C)[C@H]3CC[C@]12C.C[C@H](CS(=O)(=O)c1ccccc1)[C@H]1CC[C@H]2[C@@H]3CC[C@H]4C[C@@](C)(O)CC[C@]4(C)[C@H]3CC[C@]12C.[CH2-]CCC.[Li+]. The Morgan fingerprint density at radius 1 is 0.515 bits per heavy atom. The second kappa shape index (κ2) is 31.1. The summed E-state index contributed by atoms with van der Waals surface area (Å²) in [6, 6.07) is 18.1. The molecule has 13 rings (SSSR count). The minimum Gasteiger partial charge on any atom is -0.390 e. The summed E-state index contributed by atoms with van der Waals surface area (Å²) in [7, 11) is -6.87. The van der Waals surface area contributed by atoms with E-state index in [0.29, 0.717) is 92.3 Å². The molecular weight excluding hydrogens is 1230 g/mol. The summed E-state index contributed by atoms with van der Waals surface area (Å²) < 4.78 is 60.9. The van der Waals surface area contributed by atoms with E-state index in [1.165, 1.54) is 109 Å². The number of benzene rings is 2. The van der Waals surface area contributed by atoms with Gasteiger partial charge in [-0.15, -0.1) is 0 Å². The Balaban J connectivity index is 0.000000222. The van der Waals surface area contributed by atoms with Crippen LogP contribution in [0.15, 0.2) is 70.5 Å². The van der Waals surface area contributed by atoms with Gasteiger partial charge in [-0.05, 0) is 327 Å². The van der Waals surface area contributed by atoms with E-state index in [4.69, 9.17) is 4.74 Å². The van der Waals surface area contributed by atoms with Gasteiger partial charge in [0.2, 0.25) is 0 Å². The zero-order valence-corrected chi connectivity index (χ0v) is 64.9. The Hall–Kier alpha value is -1.22. The zero-order valence-electron chi connectivity index (χ0n) is 63.3. The maximum atomic E-state index is 14.6. The Morgan fingerprint density at radius 3 is 1.32 bits per heavy atom. The summed E-state index contributed by atoms with van der Waals surface area (Å²) in [4.78, 5) is 0.886. The third-order valence-electron chi connectivity index (χ3n) is 30.8. The fourth-order valence-corrected chi connectivity index (χ4v) is 28.4. The molecule has 11 fully saturated rings. The number of rotatable bonds is 11. The fraction of sp³-hybridized carbons (Fsp3) is 0.849. The molecule has 19 atom stereocenters. The number of ether oxygens (including phenoxy) is 1. The van der Waals surface area contributed by atoms with Gasteiger partial charge in [0, 0.05) is 0 Å². The van der Waals surface area contributed by atoms with Crippen LogP contribution in [0, 0.1) is 122 Å². The molecule has 550 valence electrons. The maximum Gasteiger partial charge on any atom is 1.00 e. The molecule has 0 aromatic heterocycles. The second-order valence-corrected chi connectivity index (χ2v) is 42.7. The summed E-state index contributed by atoms with van der Waals surface area (Å²) in [5, 5.41) is 33.2. The number of sulfone groups is 2. The van der Waals surface area contributed by atoms with Crippen molar-refractivity contribution in [1.82, 2.24) is 0 Å². The van der Waals surface area contributed by atoms with E-state index >= 15 is 0 Å². The minimum absolute atomic E-state index is 0. The average molecular weight is 1380 g/mol. The molecule has 1 aliphatic heterocycles. The molecule has 0 amide bonds. The molecule has 3 N–H and O–H groups in total. The van der Waals surface area contributed by atoms with Gasteiger partial charge in [-0.25, -0.2) is 16.8 Å². The smallest absolute Gasteiger partial charge is 0.390 e. The van der Waals surface area contributed by atoms with Gasteiger partial charge in [-0.1, -0.05) is 148 Å². The number of epoxide rings is 1. The first-order chi connectivity index (χ1) is 43.8. The molecule has 11 heteroatoms. The van der Waals surface area contributed by atoms with Crippen molar-refractivity contribution in [2.75, 3.05) is 12.4 Å². The van der Waals surface area contributed by atoms with Crippen LogP contribution in [0.1, 0.15) is 305 Å². The van der Waals surface area contributed by atoms with Crippen LogP contribution in [0.5, 0.6) is 0 Å². The van der Waals surface area contributed by atoms with E-state index in [1.54, 1.807) is 24.3 Å². The summed E-state index contributed by atoms with van der Waals surface area (Å²) in [5.41, 5.74) is 0.310. The third kappa shape index (κ3) is 17.4. The molecule has 0 bridgehead atoms. The van der Waals surface area contributed by atoms with Crippen molar-refractivity contribution < 1.29 is 55.8 Å². The average Bonchev–Trinajstić information content (AvgIpc) is 1.68. The van der Waals surface area contributed by atoms with Crippen LogP contribution in [-0.2, 0) is 24.4 Å². The molecule has 1 spiro atoms. The van der Waals surface area contributed by atoms with Crippen molar-refractivity contribution in [2.45, 2.75) is 342 Å². The standard InChI is InChI=1S/C40H64O4S.C29H44O3S.C11H20O.C4H9.2CH4.Li/c1-27(35(45(43,44)30-11-9-8-10-12-30)26-40(42)21-17-28(18-22-40)36(2,3)4)32-15-16-33-31-14-13-29-25-37(5,41)23-24-38(29,6)34(31)19-20-39(32,33)7;1-20(19-33(31,32)22-8-6-5-7-9-22)24-12-13-25-23-11-10-21-18-27(2,30)16-17-28(21,3)26(23)14-15-29(24,25)4;1-10(2,3)9-4-6-11(7-5-9)8-12-11;1-3-4-2;;;/h8-12,27-29,31-35,41-42H,13-26H2,1-7H3;5-9,20-21,23-26,30H,10-19H2,1-4H3;9H,4-8H2,1-3H3;1,3-4H2,2H3;2*1H4;/q;;;-1;;;+1/t27-,28?,29-,31-,32+,33-,34-,35?,37-,38-,39+,40?;20-,21+,23+,24-,25+,26+,27+,28+,29-;;;;;/m01...../s1. The number of unbranched alkanes of at least 4 members (excludes halogenated alkanes) is 1. The predicted molar refractivity (Wildman–Crippen MR) is 401 cm³/mol. The number of aliphatic hydroxyl groups is 3. The van der Waals surface area contributed by atoms with Gasteiger partial charge in [0.1, 0.15) is 0 Å². The van der Waals surface area contributed by atoms with Gasteiger partial charge in [-0.2, -0.15) is 6.42 Å². The number of hydrogen-bond donors (Lipinski definition) is 3. The summed E-state index contributed by atoms with van der Waals surface area (Å²) in [6.07, 6.45) is 32.3. The van der Waals surface area contributed by atoms with Crippen LogP contribution in [0.2, 0.25) is 0 Å². The van der Waals surface area contributed by atoms with Gasteiger partial charge >= 0.3 is 18.9 Å². The van der Waals surface area contributed by atoms with Gasteiger partial charge in [0.15, 0.2) is 19.7 Å². The Labute approximate surface area is 609 Å². The fourth-order valence-electron chi connectivity index (χ4n) is 24.6. The summed E-state index contributed by atoms with van der Waals surface area (Å²) in [6.45, 7) is 39.4. The van der Waals surface area contributed by atoms with E-state index in [-0.39, 0.29) is 67.5 Å². The van der Waals surface area contributed by atoms with Crippen molar-refractivity contribution in [3.63, 3.8) is 0 Å². The maximum absolute atomic E-state index is 14.6. The van der Waals surface area contributed by atoms with Crippen LogP contribution in [0.4, 0.5) is 0 Å². The van der Waals surface area contributed by atoms with E-state index in [9.17, 15) is 32.2 Å². The Morgan fingerprint density at radius 2 is 0.907 bits per heavy atom. The minimum atomic E-state index is -3.63. The second-order valence-electron chi connectivity index (χ2n) is 38.5. The van der Waals surface area contributed by atoms with E-state index < -0.39 is 41.7 Å². The van der Waals surface area contributed by atoms with Crippen LogP contribution >= 0.6 is 0 Å². The van der Waals surface area contributed by atoms with Crippen molar-refractivity contribution in [3.05, 3.63) is 67.6 Å². The van der Waals surface area contributed by atoms with E-state index in [1.807, 2.05) is 50.2 Å². The van der Waals surface area contributed by atoms with E-state index in [0.717, 1.165) is 94.0 Å². The van der Waals surface area contributed by atoms with E-state index in [2.05, 4.69) is 96.9 Å². The number of hydrogen-bond acceptors (Lipinski definition) is 8. The van der Waals surface area contributed by atoms with Crippen molar-refractivity contribution in [3.8, 4) is 0 Å². The monoisotopic (exact) mass is 1380 g/mol. The Bertz CT molecular complexity index is 3040. The normalized spacial score (nSPS) is 42.1. The third-order valence-corrected chi connectivity index (χ3v) is 35.0. The van der Waals surface area contributed by atoms with Crippen LogP contribution in [0.3, 0.4) is 0 Å². The molecule has 10 aliphatic carbocycles. The molecule has 1 saturated heterocycles. The quantitative estimate of drug-likeness (QED) is 0.115. The number of fused-ring (bicyclic) bond motifs is 10. The van der Waals surface area contributed by atoms with Crippen LogP contribution < -0.4 is 18.9 Å². The molecule has 2 aromatic carbocycles. The predicted octanol–water partition coefficient (Wildman–Crippen LogP) is 18.6. The molecule has 1 unspecified atom stereocenters. The molecule has 97 heavy (non-hydrogen) atoms. The first-order valence-corrected chi connectivity index (χ1v) is 42.2. The molecule has 10 saturated carbocycles. The molecule has 1 heterocycles. The molecule has 0 radical (unpaired) electrons. The van der Waals surface area contributed by atoms with Crippen LogP contribution in [-0.4, -0.2) is 72.2 Å². The van der Waals surface area contributed by atoms with Gasteiger partial charge in [-0.3, -0.25) is 0 Å². The van der Waals surface area contributed by atoms with Crippen molar-refractivity contribution >= 4 is 19.7 Å². The van der Waals surface area contributed by atoms with Crippen molar-refractivity contribution in [1.29, 1.82) is 0 Å². The molecule has 11 aliphatic rings. The van der Waals surface area contributed by atoms with Gasteiger partial charge in [0.05, 0.1) is 49.8 Å². The zero-order chi connectivity index (χ0) is 68.5. The first-order valence-electron chi connectivity index (χ1n) is 39.0. The summed E-state index contributed by atoms with van der Waals surface area (Å²) in [5.74, 6) is 8.47. The van der Waals surface area contributed by atoms with Crippen molar-refractivity contribution in [2.24, 2.45) is 115 Å². The molecule has 2 aromatic rings.